The lowest BCUT2D eigenvalue weighted by Crippen LogP contribution is -2.31. The molecular formula is C18H21N5O3. The van der Waals surface area contributed by atoms with E-state index >= 15 is 0 Å². The molecule has 0 saturated carbocycles. The van der Waals surface area contributed by atoms with Gasteiger partial charge in [0, 0.05) is 44.9 Å². The number of morpholine rings is 1. The van der Waals surface area contributed by atoms with Crippen LogP contribution >= 0.6 is 0 Å². The highest BCUT2D eigenvalue weighted by Crippen LogP contribution is 2.32. The molecule has 0 radical (unpaired) electrons. The van der Waals surface area contributed by atoms with Crippen LogP contribution in [-0.4, -0.2) is 47.1 Å². The predicted molar refractivity (Wildman–Crippen MR) is 97.0 cm³/mol. The maximum Gasteiger partial charge on any atom is 0.294 e. The average Bonchev–Trinajstić information content (AvgIpc) is 3.36. The molecule has 1 aromatic heterocycles. The molecule has 0 atom stereocenters. The molecule has 26 heavy (non-hydrogen) atoms. The number of nitrogens with zero attached hydrogens (tertiary/aromatic N) is 4. The summed E-state index contributed by atoms with van der Waals surface area (Å²) in [7, 11) is 0. The van der Waals surface area contributed by atoms with Crippen LogP contribution in [0.3, 0.4) is 0 Å². The minimum atomic E-state index is -0.204. The number of hydrogen-bond donors (Lipinski definition) is 1. The van der Waals surface area contributed by atoms with Crippen LogP contribution in [0.2, 0.25) is 0 Å². The van der Waals surface area contributed by atoms with Crippen molar-refractivity contribution in [2.24, 2.45) is 4.99 Å². The Hall–Kier alpha value is -2.77. The van der Waals surface area contributed by atoms with Crippen LogP contribution in [0.15, 0.2) is 33.4 Å². The van der Waals surface area contributed by atoms with Gasteiger partial charge in [0.25, 0.3) is 5.56 Å². The number of nitrogens with one attached hydrogen (secondary N) is 1. The molecule has 8 heteroatoms. The largest absolute Gasteiger partial charge is 0.490 e. The van der Waals surface area contributed by atoms with Gasteiger partial charge in [0.05, 0.1) is 5.70 Å². The number of ether oxygens (including phenoxy) is 1. The number of fused-ring (bicyclic) bond motifs is 2. The van der Waals surface area contributed by atoms with Gasteiger partial charge in [-0.25, -0.2) is 9.67 Å². The molecule has 0 spiro atoms. The number of anilines is 1. The maximum absolute atomic E-state index is 12.9. The van der Waals surface area contributed by atoms with E-state index in [2.05, 4.69) is 15.2 Å². The number of carbonyl (C=O) groups is 1. The van der Waals surface area contributed by atoms with Gasteiger partial charge in [0.2, 0.25) is 5.78 Å². The molecule has 5 rings (SSSR count). The standard InChI is InChI=1S/C18H21N5O3/c24-14-10-13-15(26-9-4-19-13)11-12(14)20-16-17(21-5-1-2-6-21)22-7-3-8-23(22)18(16)25/h10-11,19H,1-9H2. The first-order chi connectivity index (χ1) is 12.7. The second kappa shape index (κ2) is 5.89. The van der Waals surface area contributed by atoms with Crippen molar-refractivity contribution < 1.29 is 9.53 Å². The van der Waals surface area contributed by atoms with Gasteiger partial charge in [0.1, 0.15) is 18.1 Å². The Morgan fingerprint density at radius 1 is 1.00 bits per heavy atom. The summed E-state index contributed by atoms with van der Waals surface area (Å²) in [5, 5.41) is 3.15. The minimum absolute atomic E-state index is 0.111. The van der Waals surface area contributed by atoms with Crippen LogP contribution in [-0.2, 0) is 22.6 Å². The lowest BCUT2D eigenvalue weighted by Gasteiger charge is -2.24. The summed E-state index contributed by atoms with van der Waals surface area (Å²) in [6.45, 7) is 4.60. The lowest BCUT2D eigenvalue weighted by molar-refractivity contribution is -0.109. The van der Waals surface area contributed by atoms with Crippen LogP contribution in [0.1, 0.15) is 19.3 Å². The molecule has 1 aromatic rings. The Morgan fingerprint density at radius 2 is 1.81 bits per heavy atom. The number of hydrogen-bond acceptors (Lipinski definition) is 6. The normalized spacial score (nSPS) is 23.3. The summed E-state index contributed by atoms with van der Waals surface area (Å²) >= 11 is 0. The van der Waals surface area contributed by atoms with E-state index in [-0.39, 0.29) is 17.1 Å². The predicted octanol–water partition coefficient (Wildman–Crippen LogP) is 0.696. The van der Waals surface area contributed by atoms with Crippen molar-refractivity contribution in [3.63, 3.8) is 0 Å². The monoisotopic (exact) mass is 355 g/mol. The molecule has 0 bridgehead atoms. The maximum atomic E-state index is 12.9. The second-order valence-electron chi connectivity index (χ2n) is 6.97. The van der Waals surface area contributed by atoms with Crippen LogP contribution < -0.4 is 15.8 Å². The quantitative estimate of drug-likeness (QED) is 0.790. The molecule has 136 valence electrons. The van der Waals surface area contributed by atoms with Gasteiger partial charge in [-0.2, -0.15) is 0 Å². The van der Waals surface area contributed by atoms with Gasteiger partial charge in [-0.05, 0) is 19.3 Å². The van der Waals surface area contributed by atoms with E-state index in [1.165, 1.54) is 6.08 Å². The summed E-state index contributed by atoms with van der Waals surface area (Å²) in [6.07, 6.45) is 6.34. The molecule has 2 saturated heterocycles. The molecule has 2 fully saturated rings. The zero-order chi connectivity index (χ0) is 17.7. The Kier molecular flexibility index (Phi) is 3.51. The molecule has 8 nitrogen and oxygen atoms in total. The van der Waals surface area contributed by atoms with Crippen molar-refractivity contribution in [1.82, 2.24) is 14.7 Å². The molecule has 0 unspecified atom stereocenters. The molecule has 4 heterocycles. The summed E-state index contributed by atoms with van der Waals surface area (Å²) < 4.78 is 9.41. The van der Waals surface area contributed by atoms with Crippen LogP contribution in [0.5, 0.6) is 0 Å². The summed E-state index contributed by atoms with van der Waals surface area (Å²) in [6, 6.07) is 0. The number of ketones is 1. The number of aromatic nitrogens is 2. The van der Waals surface area contributed by atoms with Crippen LogP contribution in [0, 0.1) is 0 Å². The Morgan fingerprint density at radius 3 is 2.65 bits per heavy atom. The SMILES string of the molecule is O=C1C=C2NCCOC2=CC1=Nc1c(N2CCCC2)n2n(c1=O)CCC2. The molecule has 0 aromatic carbocycles. The molecule has 1 aliphatic carbocycles. The highest BCUT2D eigenvalue weighted by atomic mass is 16.5. The van der Waals surface area contributed by atoms with Crippen molar-refractivity contribution in [1.29, 1.82) is 0 Å². The first-order valence-corrected chi connectivity index (χ1v) is 9.24. The van der Waals surface area contributed by atoms with E-state index in [9.17, 15) is 9.59 Å². The second-order valence-corrected chi connectivity index (χ2v) is 6.97. The highest BCUT2D eigenvalue weighted by molar-refractivity contribution is 6.49. The van der Waals surface area contributed by atoms with E-state index < -0.39 is 0 Å². The Bertz CT molecular complexity index is 927. The minimum Gasteiger partial charge on any atom is -0.490 e. The topological polar surface area (TPSA) is 80.9 Å². The van der Waals surface area contributed by atoms with Crippen LogP contribution in [0.25, 0.3) is 0 Å². The molecule has 4 aliphatic rings. The van der Waals surface area contributed by atoms with E-state index in [0.29, 0.717) is 36.8 Å². The van der Waals surface area contributed by atoms with Gasteiger partial charge in [-0.3, -0.25) is 14.3 Å². The van der Waals surface area contributed by atoms with Crippen molar-refractivity contribution in [2.45, 2.75) is 32.4 Å². The smallest absolute Gasteiger partial charge is 0.294 e. The number of rotatable bonds is 2. The van der Waals surface area contributed by atoms with Gasteiger partial charge in [0.15, 0.2) is 11.5 Å². The summed E-state index contributed by atoms with van der Waals surface area (Å²) in [5.74, 6) is 1.27. The highest BCUT2D eigenvalue weighted by Gasteiger charge is 2.30. The summed E-state index contributed by atoms with van der Waals surface area (Å²) in [5.41, 5.74) is 1.22. The van der Waals surface area contributed by atoms with Crippen LogP contribution in [0.4, 0.5) is 11.5 Å². The van der Waals surface area contributed by atoms with Crippen molar-refractivity contribution >= 4 is 23.0 Å². The van der Waals surface area contributed by atoms with Gasteiger partial charge >= 0.3 is 0 Å². The van der Waals surface area contributed by atoms with Gasteiger partial charge < -0.3 is 15.0 Å². The zero-order valence-corrected chi connectivity index (χ0v) is 14.5. The number of carbonyl (C=O) groups excluding carboxylic acids is 1. The third kappa shape index (κ3) is 2.32. The van der Waals surface area contributed by atoms with E-state index in [1.54, 1.807) is 10.8 Å². The fraction of sp³-hybridized carbons (Fsp3) is 0.500. The third-order valence-corrected chi connectivity index (χ3v) is 5.30. The molecular weight excluding hydrogens is 334 g/mol. The van der Waals surface area contributed by atoms with E-state index in [4.69, 9.17) is 4.74 Å². The van der Waals surface area contributed by atoms with E-state index in [1.807, 2.05) is 4.68 Å². The number of aliphatic imine (C=N–C) groups is 1. The fourth-order valence-electron chi connectivity index (χ4n) is 4.08. The molecule has 0 amide bonds. The lowest BCUT2D eigenvalue weighted by atomic mass is 10.1. The van der Waals surface area contributed by atoms with Gasteiger partial charge in [-0.15, -0.1) is 0 Å². The van der Waals surface area contributed by atoms with Crippen molar-refractivity contribution in [3.8, 4) is 0 Å². The third-order valence-electron chi connectivity index (χ3n) is 5.30. The first-order valence-electron chi connectivity index (χ1n) is 9.24. The first kappa shape index (κ1) is 15.5. The van der Waals surface area contributed by atoms with Crippen molar-refractivity contribution in [2.75, 3.05) is 31.1 Å². The zero-order valence-electron chi connectivity index (χ0n) is 14.5. The molecule has 3 aliphatic heterocycles. The summed E-state index contributed by atoms with van der Waals surface area (Å²) in [4.78, 5) is 32.2. The van der Waals surface area contributed by atoms with E-state index in [0.717, 1.165) is 44.7 Å². The Balaban J connectivity index is 1.62. The fourth-order valence-corrected chi connectivity index (χ4v) is 4.08. The molecule has 1 N–H and O–H groups in total. The Labute approximate surface area is 150 Å². The van der Waals surface area contributed by atoms with Crippen molar-refractivity contribution in [3.05, 3.63) is 34.0 Å². The number of allylic oxidation sites excluding steroid dienone is 2. The van der Waals surface area contributed by atoms with Gasteiger partial charge in [-0.1, -0.05) is 0 Å². The average molecular weight is 355 g/mol.